The van der Waals surface area contributed by atoms with E-state index in [1.165, 1.54) is 31.9 Å². The van der Waals surface area contributed by atoms with Gasteiger partial charge in [0.05, 0.1) is 30.5 Å². The number of fused-ring (bicyclic) bond motifs is 5. The van der Waals surface area contributed by atoms with E-state index in [4.69, 9.17) is 9.47 Å². The van der Waals surface area contributed by atoms with Crippen LogP contribution in [0.5, 0.6) is 0 Å². The molecule has 1 N–H and O–H groups in total. The fraction of sp³-hybridized carbons (Fsp3) is 0.400. The van der Waals surface area contributed by atoms with E-state index in [0.29, 0.717) is 31.1 Å². The molecule has 36 heavy (non-hydrogen) atoms. The van der Waals surface area contributed by atoms with Gasteiger partial charge in [0.25, 0.3) is 0 Å². The number of esters is 1. The minimum atomic E-state index is -0.482. The number of rotatable bonds is 4. The van der Waals surface area contributed by atoms with Gasteiger partial charge in [-0.25, -0.2) is 4.79 Å². The highest BCUT2D eigenvalue weighted by atomic mass is 16.5. The molecule has 6 heteroatoms. The van der Waals surface area contributed by atoms with Crippen molar-refractivity contribution < 1.29 is 19.1 Å². The Morgan fingerprint density at radius 3 is 2.69 bits per heavy atom. The maximum absolute atomic E-state index is 13.7. The van der Waals surface area contributed by atoms with Crippen LogP contribution in [0.1, 0.15) is 59.5 Å². The number of carbonyl (C=O) groups excluding carboxylic acids is 2. The highest BCUT2D eigenvalue weighted by molar-refractivity contribution is 6.06. The van der Waals surface area contributed by atoms with Crippen LogP contribution in [-0.4, -0.2) is 49.2 Å². The van der Waals surface area contributed by atoms with Crippen molar-refractivity contribution in [3.05, 3.63) is 64.7 Å². The second-order valence-corrected chi connectivity index (χ2v) is 10.1. The third-order valence-corrected chi connectivity index (χ3v) is 7.95. The first-order chi connectivity index (χ1) is 17.7. The average molecular weight is 485 g/mol. The first kappa shape index (κ1) is 23.2. The number of methoxy groups -OCH3 is 1. The molecular formula is C30H32N2O4. The molecule has 0 radical (unpaired) electrons. The van der Waals surface area contributed by atoms with Crippen molar-refractivity contribution in [2.45, 2.75) is 50.5 Å². The van der Waals surface area contributed by atoms with Crippen molar-refractivity contribution in [3.8, 4) is 11.3 Å². The molecule has 6 rings (SSSR count). The minimum absolute atomic E-state index is 0.0232. The van der Waals surface area contributed by atoms with Crippen LogP contribution in [0, 0.1) is 0 Å². The second-order valence-electron chi connectivity index (χ2n) is 10.1. The summed E-state index contributed by atoms with van der Waals surface area (Å²) in [5.41, 5.74) is 6.99. The van der Waals surface area contributed by atoms with Crippen LogP contribution in [0.15, 0.2) is 48.0 Å². The normalized spacial score (nSPS) is 20.2. The highest BCUT2D eigenvalue weighted by Gasteiger charge is 2.32. The Balaban J connectivity index is 1.61. The summed E-state index contributed by atoms with van der Waals surface area (Å²) < 4.78 is 13.0. The van der Waals surface area contributed by atoms with Gasteiger partial charge >= 0.3 is 5.97 Å². The smallest absolute Gasteiger partial charge is 0.337 e. The van der Waals surface area contributed by atoms with Crippen LogP contribution in [-0.2, 0) is 20.7 Å². The topological polar surface area (TPSA) is 69.6 Å². The lowest BCUT2D eigenvalue weighted by atomic mass is 9.81. The van der Waals surface area contributed by atoms with Crippen LogP contribution < -0.4 is 5.32 Å². The third-order valence-electron chi connectivity index (χ3n) is 7.95. The molecule has 0 amide bonds. The Morgan fingerprint density at radius 1 is 1.08 bits per heavy atom. The fourth-order valence-electron chi connectivity index (χ4n) is 6.20. The number of benzene rings is 2. The van der Waals surface area contributed by atoms with Crippen molar-refractivity contribution in [2.24, 2.45) is 0 Å². The molecule has 3 aliphatic rings. The molecule has 3 aromatic rings. The van der Waals surface area contributed by atoms with Crippen molar-refractivity contribution in [3.63, 3.8) is 0 Å². The van der Waals surface area contributed by atoms with Gasteiger partial charge in [-0.15, -0.1) is 0 Å². The summed E-state index contributed by atoms with van der Waals surface area (Å²) in [6.07, 6.45) is 8.12. The molecule has 186 valence electrons. The number of ketones is 1. The Morgan fingerprint density at radius 2 is 1.92 bits per heavy atom. The van der Waals surface area contributed by atoms with Crippen molar-refractivity contribution in [1.82, 2.24) is 9.88 Å². The summed E-state index contributed by atoms with van der Waals surface area (Å²) >= 11 is 0. The lowest BCUT2D eigenvalue weighted by Gasteiger charge is -2.24. The van der Waals surface area contributed by atoms with Crippen LogP contribution in [0.3, 0.4) is 0 Å². The van der Waals surface area contributed by atoms with Crippen molar-refractivity contribution in [1.29, 1.82) is 0 Å². The summed E-state index contributed by atoms with van der Waals surface area (Å²) in [6.45, 7) is 1.82. The summed E-state index contributed by atoms with van der Waals surface area (Å²) in [6, 6.07) is 14.3. The second kappa shape index (κ2) is 9.68. The largest absolute Gasteiger partial charge is 0.465 e. The van der Waals surface area contributed by atoms with E-state index in [1.54, 1.807) is 0 Å². The zero-order valence-electron chi connectivity index (χ0n) is 20.7. The van der Waals surface area contributed by atoms with Crippen molar-refractivity contribution >= 4 is 28.9 Å². The number of morpholine rings is 1. The molecule has 0 bridgehead atoms. The number of hydrogen-bond acceptors (Lipinski definition) is 5. The standard InChI is InChI=1S/C30H32N2O4/c1-35-30(34)21-11-12-24-25(16-21)32-18-22(29(33)26-17-31-13-14-36-26)15-20-9-5-6-10-23(20)28(32)27(24)19-7-3-2-4-8-19/h5-6,9-12,16,18-19,26,31H,2-4,7-8,13-15,17H2,1H3. The van der Waals surface area contributed by atoms with Gasteiger partial charge in [0.1, 0.15) is 6.10 Å². The van der Waals surface area contributed by atoms with E-state index < -0.39 is 6.10 Å². The summed E-state index contributed by atoms with van der Waals surface area (Å²) in [5.74, 6) is 0.115. The first-order valence-electron chi connectivity index (χ1n) is 13.1. The Labute approximate surface area is 211 Å². The van der Waals surface area contributed by atoms with Crippen LogP contribution in [0.2, 0.25) is 0 Å². The van der Waals surface area contributed by atoms with Crippen LogP contribution in [0.4, 0.5) is 0 Å². The van der Waals surface area contributed by atoms with E-state index in [1.807, 2.05) is 24.4 Å². The molecule has 1 unspecified atom stereocenters. The summed E-state index contributed by atoms with van der Waals surface area (Å²) in [7, 11) is 1.41. The van der Waals surface area contributed by atoms with E-state index in [0.717, 1.165) is 52.7 Å². The van der Waals surface area contributed by atoms with Gasteiger partial charge in [-0.1, -0.05) is 49.6 Å². The summed E-state index contributed by atoms with van der Waals surface area (Å²) in [4.78, 5) is 26.1. The SMILES string of the molecule is COC(=O)c1ccc2c(C3CCCCC3)c3n(c2c1)C=C(C(=O)C1CNCCO1)Cc1ccccc1-3. The van der Waals surface area contributed by atoms with E-state index in [9.17, 15) is 9.59 Å². The van der Waals surface area contributed by atoms with Gasteiger partial charge in [0, 0.05) is 42.2 Å². The van der Waals surface area contributed by atoms with Gasteiger partial charge in [0.15, 0.2) is 5.78 Å². The third kappa shape index (κ3) is 3.98. The average Bonchev–Trinajstić information content (AvgIpc) is 3.15. The monoisotopic (exact) mass is 484 g/mol. The predicted molar refractivity (Wildman–Crippen MR) is 140 cm³/mol. The molecule has 6 nitrogen and oxygen atoms in total. The fourth-order valence-corrected chi connectivity index (χ4v) is 6.20. The predicted octanol–water partition coefficient (Wildman–Crippen LogP) is 5.10. The van der Waals surface area contributed by atoms with Crippen LogP contribution in [0.25, 0.3) is 28.4 Å². The number of hydrogen-bond donors (Lipinski definition) is 1. The Bertz CT molecular complexity index is 1360. The molecular weight excluding hydrogens is 452 g/mol. The maximum atomic E-state index is 13.7. The number of ether oxygens (including phenoxy) is 2. The Hall–Kier alpha value is -3.22. The van der Waals surface area contributed by atoms with Gasteiger partial charge < -0.3 is 19.4 Å². The number of carbonyl (C=O) groups is 2. The molecule has 1 saturated carbocycles. The molecule has 1 saturated heterocycles. The molecule has 1 aliphatic carbocycles. The van der Waals surface area contributed by atoms with Gasteiger partial charge in [-0.3, -0.25) is 4.79 Å². The lowest BCUT2D eigenvalue weighted by Crippen LogP contribution is -2.43. The summed E-state index contributed by atoms with van der Waals surface area (Å²) in [5, 5.41) is 4.43. The van der Waals surface area contributed by atoms with Crippen LogP contribution >= 0.6 is 0 Å². The number of aromatic nitrogens is 1. The molecule has 0 spiro atoms. The van der Waals surface area contributed by atoms with Crippen molar-refractivity contribution in [2.75, 3.05) is 26.8 Å². The number of nitrogens with one attached hydrogen (secondary N) is 1. The highest BCUT2D eigenvalue weighted by Crippen LogP contribution is 2.46. The van der Waals surface area contributed by atoms with E-state index in [-0.39, 0.29) is 11.8 Å². The minimum Gasteiger partial charge on any atom is -0.465 e. The maximum Gasteiger partial charge on any atom is 0.337 e. The molecule has 1 atom stereocenters. The van der Waals surface area contributed by atoms with E-state index >= 15 is 0 Å². The number of Topliss-reactive ketones (excluding diaryl/α,β-unsaturated/α-hetero) is 1. The Kier molecular flexibility index (Phi) is 6.23. The lowest BCUT2D eigenvalue weighted by molar-refractivity contribution is -0.128. The zero-order valence-corrected chi connectivity index (χ0v) is 20.7. The van der Waals surface area contributed by atoms with Gasteiger partial charge in [-0.05, 0) is 42.0 Å². The van der Waals surface area contributed by atoms with E-state index in [2.05, 4.69) is 34.1 Å². The zero-order chi connectivity index (χ0) is 24.6. The molecule has 3 heterocycles. The van der Waals surface area contributed by atoms with Gasteiger partial charge in [-0.2, -0.15) is 0 Å². The molecule has 2 fully saturated rings. The molecule has 2 aliphatic heterocycles. The van der Waals surface area contributed by atoms with Gasteiger partial charge in [0.2, 0.25) is 0 Å². The molecule has 1 aromatic heterocycles. The quantitative estimate of drug-likeness (QED) is 0.522. The number of nitrogens with zero attached hydrogens (tertiary/aromatic N) is 1. The first-order valence-corrected chi connectivity index (χ1v) is 13.1. The molecule has 2 aromatic carbocycles.